The van der Waals surface area contributed by atoms with Gasteiger partial charge in [-0.05, 0) is 51.5 Å². The van der Waals surface area contributed by atoms with Crippen LogP contribution in [-0.4, -0.2) is 50.0 Å². The third-order valence-electron chi connectivity index (χ3n) is 4.93. The van der Waals surface area contributed by atoms with Gasteiger partial charge in [-0.2, -0.15) is 0 Å². The summed E-state index contributed by atoms with van der Waals surface area (Å²) >= 11 is 12.2. The molecule has 0 aliphatic heterocycles. The average Bonchev–Trinajstić information content (AvgIpc) is 2.70. The van der Waals surface area contributed by atoms with E-state index in [1.807, 2.05) is 45.0 Å². The number of carbonyl (C=O) groups is 2. The van der Waals surface area contributed by atoms with Crippen molar-refractivity contribution in [3.05, 3.63) is 63.6 Å². The van der Waals surface area contributed by atoms with Crippen LogP contribution in [0.2, 0.25) is 10.0 Å². The number of hydrogen-bond acceptors (Lipinski definition) is 4. The number of halogens is 2. The molecule has 0 bridgehead atoms. The molecule has 0 fully saturated rings. The number of aryl methyl sites for hydroxylation is 1. The zero-order valence-electron chi connectivity index (χ0n) is 19.3. The lowest BCUT2D eigenvalue weighted by atomic mass is 10.1. The number of anilines is 1. The SMILES string of the molecule is Cc1ccc(CN(C(=O)CN(c2ccc(Cl)cc2Cl)S(C)(=O)=O)[C@H](C)C(=O)NC(C)C)cc1. The van der Waals surface area contributed by atoms with E-state index in [1.54, 1.807) is 6.92 Å². The molecule has 2 amide bonds. The van der Waals surface area contributed by atoms with Crippen LogP contribution in [0.1, 0.15) is 31.9 Å². The highest BCUT2D eigenvalue weighted by molar-refractivity contribution is 7.92. The summed E-state index contributed by atoms with van der Waals surface area (Å²) in [5.41, 5.74) is 2.00. The minimum Gasteiger partial charge on any atom is -0.352 e. The molecular weight excluding hydrogens is 485 g/mol. The van der Waals surface area contributed by atoms with Crippen molar-refractivity contribution in [1.82, 2.24) is 10.2 Å². The minimum atomic E-state index is -3.87. The molecule has 0 spiro atoms. The number of hydrogen-bond donors (Lipinski definition) is 1. The summed E-state index contributed by atoms with van der Waals surface area (Å²) in [6, 6.07) is 11.0. The second-order valence-corrected chi connectivity index (χ2v) is 11.0. The van der Waals surface area contributed by atoms with E-state index >= 15 is 0 Å². The Hall–Kier alpha value is -2.29. The lowest BCUT2D eigenvalue weighted by molar-refractivity contribution is -0.139. The van der Waals surface area contributed by atoms with E-state index in [2.05, 4.69) is 5.32 Å². The van der Waals surface area contributed by atoms with Crippen LogP contribution in [0, 0.1) is 6.92 Å². The van der Waals surface area contributed by atoms with E-state index in [0.717, 1.165) is 21.7 Å². The van der Waals surface area contributed by atoms with Crippen LogP contribution in [-0.2, 0) is 26.2 Å². The summed E-state index contributed by atoms with van der Waals surface area (Å²) in [5.74, 6) is -0.876. The van der Waals surface area contributed by atoms with Crippen LogP contribution in [0.15, 0.2) is 42.5 Å². The summed E-state index contributed by atoms with van der Waals surface area (Å²) in [6.07, 6.45) is 0.991. The Morgan fingerprint density at radius 2 is 1.64 bits per heavy atom. The van der Waals surface area contributed by atoms with E-state index in [0.29, 0.717) is 5.02 Å². The molecule has 2 aromatic carbocycles. The number of amides is 2. The first-order chi connectivity index (χ1) is 15.3. The number of nitrogens with one attached hydrogen (secondary N) is 1. The molecule has 0 saturated carbocycles. The standard InChI is InChI=1S/C23H29Cl2N3O4S/c1-15(2)26-23(30)17(4)27(13-18-8-6-16(3)7-9-18)22(29)14-28(33(5,31)32)21-11-10-19(24)12-20(21)25/h6-12,15,17H,13-14H2,1-5H3,(H,26,30)/t17-/m1/s1. The second kappa shape index (κ2) is 11.2. The zero-order valence-corrected chi connectivity index (χ0v) is 21.6. The molecule has 10 heteroatoms. The maximum atomic E-state index is 13.4. The molecule has 1 N–H and O–H groups in total. The van der Waals surface area contributed by atoms with Crippen molar-refractivity contribution in [1.29, 1.82) is 0 Å². The summed E-state index contributed by atoms with van der Waals surface area (Å²) in [4.78, 5) is 27.5. The van der Waals surface area contributed by atoms with Crippen molar-refractivity contribution in [3.63, 3.8) is 0 Å². The van der Waals surface area contributed by atoms with Gasteiger partial charge in [-0.1, -0.05) is 53.0 Å². The normalized spacial score (nSPS) is 12.4. The predicted molar refractivity (Wildman–Crippen MR) is 133 cm³/mol. The van der Waals surface area contributed by atoms with Crippen LogP contribution < -0.4 is 9.62 Å². The lowest BCUT2D eigenvalue weighted by Gasteiger charge is -2.32. The highest BCUT2D eigenvalue weighted by Crippen LogP contribution is 2.30. The van der Waals surface area contributed by atoms with Crippen LogP contribution in [0.3, 0.4) is 0 Å². The van der Waals surface area contributed by atoms with Gasteiger partial charge in [0.2, 0.25) is 21.8 Å². The molecule has 0 saturated heterocycles. The third-order valence-corrected chi connectivity index (χ3v) is 6.59. The van der Waals surface area contributed by atoms with Crippen molar-refractivity contribution in [2.75, 3.05) is 17.1 Å². The Balaban J connectivity index is 2.41. The van der Waals surface area contributed by atoms with Crippen LogP contribution in [0.25, 0.3) is 0 Å². The quantitative estimate of drug-likeness (QED) is 0.548. The Morgan fingerprint density at radius 1 is 1.03 bits per heavy atom. The molecule has 7 nitrogen and oxygen atoms in total. The van der Waals surface area contributed by atoms with Crippen molar-refractivity contribution >= 4 is 50.7 Å². The smallest absolute Gasteiger partial charge is 0.244 e. The molecule has 0 aliphatic rings. The van der Waals surface area contributed by atoms with Crippen LogP contribution in [0.4, 0.5) is 5.69 Å². The number of benzene rings is 2. The van der Waals surface area contributed by atoms with Crippen molar-refractivity contribution < 1.29 is 18.0 Å². The van der Waals surface area contributed by atoms with Gasteiger partial charge < -0.3 is 10.2 Å². The van der Waals surface area contributed by atoms with E-state index in [1.165, 1.54) is 23.1 Å². The van der Waals surface area contributed by atoms with Gasteiger partial charge in [0.25, 0.3) is 0 Å². The molecule has 180 valence electrons. The molecule has 0 aliphatic carbocycles. The van der Waals surface area contributed by atoms with E-state index in [4.69, 9.17) is 23.2 Å². The van der Waals surface area contributed by atoms with Crippen LogP contribution >= 0.6 is 23.2 Å². The van der Waals surface area contributed by atoms with Gasteiger partial charge >= 0.3 is 0 Å². The molecule has 0 radical (unpaired) electrons. The third kappa shape index (κ3) is 7.62. The van der Waals surface area contributed by atoms with Gasteiger partial charge in [-0.15, -0.1) is 0 Å². The fourth-order valence-corrected chi connectivity index (χ4v) is 4.58. The first kappa shape index (κ1) is 27.0. The zero-order chi connectivity index (χ0) is 24.9. The van der Waals surface area contributed by atoms with Crippen molar-refractivity contribution in [3.8, 4) is 0 Å². The molecule has 0 aromatic heterocycles. The van der Waals surface area contributed by atoms with Gasteiger partial charge in [-0.3, -0.25) is 13.9 Å². The summed E-state index contributed by atoms with van der Waals surface area (Å²) in [5, 5.41) is 3.23. The Bertz CT molecular complexity index is 1110. The second-order valence-electron chi connectivity index (χ2n) is 8.21. The molecule has 0 heterocycles. The Kier molecular flexibility index (Phi) is 9.17. The molecule has 0 unspecified atom stereocenters. The van der Waals surface area contributed by atoms with Crippen molar-refractivity contribution in [2.24, 2.45) is 0 Å². The molecular formula is C23H29Cl2N3O4S. The van der Waals surface area contributed by atoms with E-state index in [9.17, 15) is 18.0 Å². The topological polar surface area (TPSA) is 86.8 Å². The molecule has 1 atom stereocenters. The first-order valence-electron chi connectivity index (χ1n) is 10.4. The summed E-state index contributed by atoms with van der Waals surface area (Å²) in [6.45, 7) is 6.83. The Labute approximate surface area is 205 Å². The van der Waals surface area contributed by atoms with Crippen molar-refractivity contribution in [2.45, 2.75) is 46.3 Å². The highest BCUT2D eigenvalue weighted by Gasteiger charge is 2.31. The highest BCUT2D eigenvalue weighted by atomic mass is 35.5. The van der Waals surface area contributed by atoms with Crippen LogP contribution in [0.5, 0.6) is 0 Å². The van der Waals surface area contributed by atoms with Gasteiger partial charge in [-0.25, -0.2) is 8.42 Å². The largest absolute Gasteiger partial charge is 0.352 e. The fraction of sp³-hybridized carbons (Fsp3) is 0.391. The summed E-state index contributed by atoms with van der Waals surface area (Å²) in [7, 11) is -3.87. The van der Waals surface area contributed by atoms with E-state index < -0.39 is 28.5 Å². The first-order valence-corrected chi connectivity index (χ1v) is 13.0. The maximum absolute atomic E-state index is 13.4. The monoisotopic (exact) mass is 513 g/mol. The maximum Gasteiger partial charge on any atom is 0.244 e. The minimum absolute atomic E-state index is 0.0939. The predicted octanol–water partition coefficient (Wildman–Crippen LogP) is 4.01. The summed E-state index contributed by atoms with van der Waals surface area (Å²) < 4.78 is 26.0. The van der Waals surface area contributed by atoms with Gasteiger partial charge in [0.05, 0.1) is 17.0 Å². The Morgan fingerprint density at radius 3 is 2.15 bits per heavy atom. The average molecular weight is 514 g/mol. The number of sulfonamides is 1. The van der Waals surface area contributed by atoms with E-state index in [-0.39, 0.29) is 29.2 Å². The van der Waals surface area contributed by atoms with Gasteiger partial charge in [0.15, 0.2) is 0 Å². The molecule has 2 aromatic rings. The molecule has 2 rings (SSSR count). The number of nitrogens with zero attached hydrogens (tertiary/aromatic N) is 2. The fourth-order valence-electron chi connectivity index (χ4n) is 3.16. The van der Waals surface area contributed by atoms with Gasteiger partial charge in [0.1, 0.15) is 12.6 Å². The number of rotatable bonds is 9. The lowest BCUT2D eigenvalue weighted by Crippen LogP contribution is -2.52. The van der Waals surface area contributed by atoms with Gasteiger partial charge in [0, 0.05) is 17.6 Å². The number of carbonyl (C=O) groups excluding carboxylic acids is 2. The molecule has 33 heavy (non-hydrogen) atoms.